The van der Waals surface area contributed by atoms with Crippen molar-refractivity contribution in [3.05, 3.63) is 54.0 Å². The number of anilines is 1. The number of nitrogen functional groups attached to an aromatic ring is 1. The minimum Gasteiger partial charge on any atom is -0.482 e. The van der Waals surface area contributed by atoms with E-state index < -0.39 is 0 Å². The molecule has 0 bridgehead atoms. The number of aromatic nitrogens is 3. The van der Waals surface area contributed by atoms with Gasteiger partial charge in [0.15, 0.2) is 6.10 Å². The van der Waals surface area contributed by atoms with Crippen molar-refractivity contribution in [2.45, 2.75) is 12.5 Å². The molecule has 0 fully saturated rings. The van der Waals surface area contributed by atoms with Crippen LogP contribution in [-0.4, -0.2) is 15.1 Å². The van der Waals surface area contributed by atoms with Gasteiger partial charge in [0.2, 0.25) is 5.82 Å². The molecule has 1 aromatic carbocycles. The minimum absolute atomic E-state index is 0.214. The van der Waals surface area contributed by atoms with Crippen molar-refractivity contribution in [3.8, 4) is 17.3 Å². The molecule has 1 aliphatic heterocycles. The molecule has 3 heterocycles. The smallest absolute Gasteiger partial charge is 0.276 e. The van der Waals surface area contributed by atoms with Gasteiger partial charge in [0.05, 0.1) is 11.9 Å². The molecule has 2 aromatic heterocycles. The zero-order valence-corrected chi connectivity index (χ0v) is 11.1. The molecule has 1 atom stereocenters. The monoisotopic (exact) mass is 280 g/mol. The number of nitrogens with two attached hydrogens (primary N) is 1. The van der Waals surface area contributed by atoms with Crippen LogP contribution in [0.2, 0.25) is 0 Å². The van der Waals surface area contributed by atoms with Gasteiger partial charge in [0.1, 0.15) is 11.4 Å². The maximum atomic E-state index is 5.84. The summed E-state index contributed by atoms with van der Waals surface area (Å²) in [6, 6.07) is 11.4. The first-order chi connectivity index (χ1) is 10.3. The third-order valence-electron chi connectivity index (χ3n) is 3.38. The molecule has 3 aromatic rings. The maximum absolute atomic E-state index is 5.84. The van der Waals surface area contributed by atoms with Crippen molar-refractivity contribution in [1.82, 2.24) is 15.1 Å². The van der Waals surface area contributed by atoms with Gasteiger partial charge in [-0.05, 0) is 23.8 Å². The number of hydrogen-bond acceptors (Lipinski definition) is 6. The Balaban J connectivity index is 1.60. The summed E-state index contributed by atoms with van der Waals surface area (Å²) in [6.07, 6.45) is 2.08. The van der Waals surface area contributed by atoms with E-state index in [1.807, 2.05) is 24.3 Å². The topological polar surface area (TPSA) is 87.1 Å². The highest BCUT2D eigenvalue weighted by Crippen LogP contribution is 2.35. The quantitative estimate of drug-likeness (QED) is 0.775. The fourth-order valence-corrected chi connectivity index (χ4v) is 2.33. The molecule has 0 radical (unpaired) electrons. The molecule has 1 unspecified atom stereocenters. The van der Waals surface area contributed by atoms with Crippen LogP contribution in [0, 0.1) is 0 Å². The molecular weight excluding hydrogens is 268 g/mol. The van der Waals surface area contributed by atoms with E-state index in [-0.39, 0.29) is 6.10 Å². The van der Waals surface area contributed by atoms with Crippen LogP contribution in [0.3, 0.4) is 0 Å². The summed E-state index contributed by atoms with van der Waals surface area (Å²) in [5.74, 6) is 1.77. The van der Waals surface area contributed by atoms with Crippen LogP contribution in [0.4, 0.5) is 5.69 Å². The lowest BCUT2D eigenvalue weighted by Gasteiger charge is -2.04. The largest absolute Gasteiger partial charge is 0.482 e. The van der Waals surface area contributed by atoms with Crippen LogP contribution in [0.25, 0.3) is 11.6 Å². The number of benzene rings is 1. The first-order valence-corrected chi connectivity index (χ1v) is 6.60. The number of rotatable bonds is 2. The van der Waals surface area contributed by atoms with Gasteiger partial charge >= 0.3 is 0 Å². The van der Waals surface area contributed by atoms with Gasteiger partial charge in [0, 0.05) is 6.42 Å². The molecule has 21 heavy (non-hydrogen) atoms. The maximum Gasteiger partial charge on any atom is 0.276 e. The standard InChI is InChI=1S/C15H12N4O2/c16-10-5-6-11(17-8-10)15-18-14(19-21-15)13-7-9-3-1-2-4-12(9)20-13/h1-6,8,13H,7,16H2. The average molecular weight is 280 g/mol. The fourth-order valence-electron chi connectivity index (χ4n) is 2.33. The van der Waals surface area contributed by atoms with Gasteiger partial charge < -0.3 is 15.0 Å². The first kappa shape index (κ1) is 11.9. The Morgan fingerprint density at radius 3 is 2.86 bits per heavy atom. The van der Waals surface area contributed by atoms with Crippen molar-refractivity contribution < 1.29 is 9.26 Å². The van der Waals surface area contributed by atoms with E-state index in [2.05, 4.69) is 15.1 Å². The van der Waals surface area contributed by atoms with Crippen LogP contribution in [-0.2, 0) is 6.42 Å². The summed E-state index contributed by atoms with van der Waals surface area (Å²) in [7, 11) is 0. The predicted molar refractivity (Wildman–Crippen MR) is 75.5 cm³/mol. The molecule has 1 aliphatic rings. The lowest BCUT2D eigenvalue weighted by atomic mass is 10.1. The normalized spacial score (nSPS) is 16.5. The molecule has 0 spiro atoms. The van der Waals surface area contributed by atoms with Crippen LogP contribution in [0.15, 0.2) is 47.1 Å². The second kappa shape index (κ2) is 4.59. The van der Waals surface area contributed by atoms with E-state index in [9.17, 15) is 0 Å². The van der Waals surface area contributed by atoms with Gasteiger partial charge in [-0.15, -0.1) is 0 Å². The fraction of sp³-hybridized carbons (Fsp3) is 0.133. The van der Waals surface area contributed by atoms with Gasteiger partial charge in [-0.1, -0.05) is 23.4 Å². The van der Waals surface area contributed by atoms with Gasteiger partial charge in [-0.2, -0.15) is 4.98 Å². The number of fused-ring (bicyclic) bond motifs is 1. The minimum atomic E-state index is -0.214. The molecule has 6 heteroatoms. The van der Waals surface area contributed by atoms with Crippen LogP contribution in [0.5, 0.6) is 5.75 Å². The summed E-state index contributed by atoms with van der Waals surface area (Å²) in [4.78, 5) is 8.53. The van der Waals surface area contributed by atoms with E-state index in [0.717, 1.165) is 17.7 Å². The van der Waals surface area contributed by atoms with Crippen LogP contribution >= 0.6 is 0 Å². The second-order valence-electron chi connectivity index (χ2n) is 4.85. The van der Waals surface area contributed by atoms with Crippen molar-refractivity contribution in [2.75, 3.05) is 5.73 Å². The lowest BCUT2D eigenvalue weighted by Crippen LogP contribution is -2.05. The number of nitrogens with zero attached hydrogens (tertiary/aromatic N) is 3. The van der Waals surface area contributed by atoms with E-state index in [0.29, 0.717) is 23.1 Å². The van der Waals surface area contributed by atoms with Crippen molar-refractivity contribution >= 4 is 5.69 Å². The van der Waals surface area contributed by atoms with Crippen molar-refractivity contribution in [2.24, 2.45) is 0 Å². The number of hydrogen-bond donors (Lipinski definition) is 1. The lowest BCUT2D eigenvalue weighted by molar-refractivity contribution is 0.221. The van der Waals surface area contributed by atoms with E-state index in [1.54, 1.807) is 18.3 Å². The Hall–Kier alpha value is -2.89. The molecule has 0 saturated carbocycles. The van der Waals surface area contributed by atoms with Crippen LogP contribution < -0.4 is 10.5 Å². The van der Waals surface area contributed by atoms with Crippen molar-refractivity contribution in [1.29, 1.82) is 0 Å². The molecule has 0 aliphatic carbocycles. The zero-order valence-electron chi connectivity index (χ0n) is 11.1. The molecule has 0 amide bonds. The molecule has 2 N–H and O–H groups in total. The Bertz CT molecular complexity index is 757. The average Bonchev–Trinajstić information content (AvgIpc) is 3.14. The van der Waals surface area contributed by atoms with E-state index in [4.69, 9.17) is 15.0 Å². The van der Waals surface area contributed by atoms with Gasteiger partial charge in [-0.3, -0.25) is 0 Å². The summed E-state index contributed by atoms with van der Waals surface area (Å²) >= 11 is 0. The number of ether oxygens (including phenoxy) is 1. The highest BCUT2D eigenvalue weighted by atomic mass is 16.5. The predicted octanol–water partition coefficient (Wildman–Crippen LogP) is 2.39. The Labute approximate surface area is 120 Å². The summed E-state index contributed by atoms with van der Waals surface area (Å²) in [6.45, 7) is 0. The van der Waals surface area contributed by atoms with Crippen molar-refractivity contribution in [3.63, 3.8) is 0 Å². The van der Waals surface area contributed by atoms with Crippen LogP contribution in [0.1, 0.15) is 17.5 Å². The summed E-state index contributed by atoms with van der Waals surface area (Å²) < 4.78 is 11.1. The Kier molecular flexibility index (Phi) is 2.60. The Morgan fingerprint density at radius 2 is 2.05 bits per heavy atom. The van der Waals surface area contributed by atoms with E-state index in [1.165, 1.54) is 0 Å². The molecule has 4 rings (SSSR count). The highest BCUT2D eigenvalue weighted by molar-refractivity contribution is 5.50. The van der Waals surface area contributed by atoms with Gasteiger partial charge in [-0.25, -0.2) is 4.98 Å². The summed E-state index contributed by atoms with van der Waals surface area (Å²) in [5.41, 5.74) is 7.95. The SMILES string of the molecule is Nc1ccc(-c2nc(C3Cc4ccccc4O3)no2)nc1. The third-order valence-corrected chi connectivity index (χ3v) is 3.38. The first-order valence-electron chi connectivity index (χ1n) is 6.60. The molecule has 104 valence electrons. The third kappa shape index (κ3) is 2.10. The second-order valence-corrected chi connectivity index (χ2v) is 4.85. The number of pyridine rings is 1. The molecule has 6 nitrogen and oxygen atoms in total. The summed E-state index contributed by atoms with van der Waals surface area (Å²) in [5, 5.41) is 4.00. The zero-order chi connectivity index (χ0) is 14.2. The number of para-hydroxylation sites is 1. The molecule has 0 saturated heterocycles. The van der Waals surface area contributed by atoms with Gasteiger partial charge in [0.25, 0.3) is 5.89 Å². The molecular formula is C15H12N4O2. The Morgan fingerprint density at radius 1 is 1.14 bits per heavy atom. The highest BCUT2D eigenvalue weighted by Gasteiger charge is 2.28. The van der Waals surface area contributed by atoms with E-state index >= 15 is 0 Å².